The predicted octanol–water partition coefficient (Wildman–Crippen LogP) is -3.08. The molecule has 1 unspecified atom stereocenters. The molecule has 0 aromatic carbocycles. The van der Waals surface area contributed by atoms with E-state index in [0.29, 0.717) is 0 Å². The molecule has 3 N–H and O–H groups in total. The molecule has 0 bridgehead atoms. The third kappa shape index (κ3) is 1.80. The number of aliphatic hydroxyl groups excluding tert-OH is 1. The fourth-order valence-corrected chi connectivity index (χ4v) is 5.12. The van der Waals surface area contributed by atoms with Gasteiger partial charge in [-0.05, 0) is 6.92 Å². The molecule has 3 aliphatic heterocycles. The molecule has 1 aromatic heterocycles. The van der Waals surface area contributed by atoms with E-state index in [1.54, 1.807) is 0 Å². The average Bonchev–Trinajstić information content (AvgIpc) is 2.96. The maximum atomic E-state index is 12.0. The lowest BCUT2D eigenvalue weighted by Crippen LogP contribution is -2.59. The SMILES string of the molecule is Cc1cn([C@@H]2O[C@@H]3COC4(O)CS(=O)(=O)O[C@@]34[C@H]2O)c(=O)[nH]c1=O. The average molecular weight is 362 g/mol. The lowest BCUT2D eigenvalue weighted by atomic mass is 9.86. The third-order valence-electron chi connectivity index (χ3n) is 4.63. The first kappa shape index (κ1) is 15.9. The minimum atomic E-state index is -4.15. The van der Waals surface area contributed by atoms with Gasteiger partial charge in [0.05, 0.1) is 6.61 Å². The molecule has 132 valence electrons. The smallest absolute Gasteiger partial charge is 0.330 e. The van der Waals surface area contributed by atoms with Gasteiger partial charge in [-0.1, -0.05) is 0 Å². The molecule has 1 spiro atoms. The van der Waals surface area contributed by atoms with E-state index >= 15 is 0 Å². The molecule has 3 saturated heterocycles. The third-order valence-corrected chi connectivity index (χ3v) is 5.91. The van der Waals surface area contributed by atoms with Crippen molar-refractivity contribution in [3.8, 4) is 0 Å². The summed E-state index contributed by atoms with van der Waals surface area (Å²) in [6.07, 6.45) is -3.02. The van der Waals surface area contributed by atoms with Crippen LogP contribution in [0.15, 0.2) is 15.8 Å². The van der Waals surface area contributed by atoms with Crippen molar-refractivity contribution >= 4 is 10.1 Å². The second kappa shape index (κ2) is 4.53. The molecule has 1 aromatic rings. The van der Waals surface area contributed by atoms with Crippen LogP contribution in [0, 0.1) is 6.92 Å². The van der Waals surface area contributed by atoms with Crippen LogP contribution < -0.4 is 11.2 Å². The van der Waals surface area contributed by atoms with Gasteiger partial charge >= 0.3 is 5.69 Å². The summed E-state index contributed by atoms with van der Waals surface area (Å²) in [6.45, 7) is 1.22. The van der Waals surface area contributed by atoms with Crippen LogP contribution in [0.3, 0.4) is 0 Å². The number of hydrogen-bond acceptors (Lipinski definition) is 9. The van der Waals surface area contributed by atoms with Gasteiger partial charge in [0.1, 0.15) is 18.0 Å². The molecule has 5 atom stereocenters. The fraction of sp³-hybridized carbons (Fsp3) is 0.667. The molecule has 0 radical (unpaired) electrons. The standard InChI is InChI=1S/C12H14N2O9S/c1-5-2-14(10(17)13-8(5)16)9-7(15)12-6(22-9)3-21-11(12,18)4-24(19,20)23-12/h2,6-7,9,15,18H,3-4H2,1H3,(H,13,16,17)/t6-,7+,9-,11?,12-/m1/s1. The van der Waals surface area contributed by atoms with Gasteiger partial charge in [-0.2, -0.15) is 8.42 Å². The molecular weight excluding hydrogens is 348 g/mol. The summed E-state index contributed by atoms with van der Waals surface area (Å²) in [6, 6.07) is 0. The van der Waals surface area contributed by atoms with Crippen LogP contribution in [0.1, 0.15) is 11.8 Å². The van der Waals surface area contributed by atoms with Gasteiger partial charge in [0.15, 0.2) is 6.23 Å². The van der Waals surface area contributed by atoms with Gasteiger partial charge in [0.2, 0.25) is 11.4 Å². The van der Waals surface area contributed by atoms with Crippen LogP contribution in [-0.2, 0) is 23.8 Å². The zero-order valence-corrected chi connectivity index (χ0v) is 13.1. The molecule has 11 nitrogen and oxygen atoms in total. The summed E-state index contributed by atoms with van der Waals surface area (Å²) in [7, 11) is -4.15. The Hall–Kier alpha value is -1.57. The zero-order valence-electron chi connectivity index (χ0n) is 12.3. The number of nitrogens with zero attached hydrogens (tertiary/aromatic N) is 1. The molecule has 0 amide bonds. The highest BCUT2D eigenvalue weighted by atomic mass is 32.2. The number of aromatic nitrogens is 2. The lowest BCUT2D eigenvalue weighted by molar-refractivity contribution is -0.238. The van der Waals surface area contributed by atoms with Gasteiger partial charge in [-0.15, -0.1) is 0 Å². The highest BCUT2D eigenvalue weighted by molar-refractivity contribution is 7.87. The maximum absolute atomic E-state index is 12.0. The zero-order chi connectivity index (χ0) is 17.5. The van der Waals surface area contributed by atoms with Crippen LogP contribution >= 0.6 is 0 Å². The largest absolute Gasteiger partial charge is 0.385 e. The van der Waals surface area contributed by atoms with Crippen LogP contribution in [0.4, 0.5) is 0 Å². The molecule has 3 fully saturated rings. The van der Waals surface area contributed by atoms with Crippen molar-refractivity contribution in [2.75, 3.05) is 12.4 Å². The molecular formula is C12H14N2O9S. The number of aliphatic hydroxyl groups is 2. The van der Waals surface area contributed by atoms with Gasteiger partial charge in [0.25, 0.3) is 15.7 Å². The number of rotatable bonds is 1. The molecule has 3 aliphatic rings. The van der Waals surface area contributed by atoms with Crippen LogP contribution in [0.25, 0.3) is 0 Å². The van der Waals surface area contributed by atoms with Crippen molar-refractivity contribution in [3.05, 3.63) is 32.6 Å². The summed E-state index contributed by atoms with van der Waals surface area (Å²) >= 11 is 0. The highest BCUT2D eigenvalue weighted by Crippen LogP contribution is 2.55. The van der Waals surface area contributed by atoms with Crippen molar-refractivity contribution in [1.82, 2.24) is 9.55 Å². The van der Waals surface area contributed by atoms with Gasteiger partial charge in [-0.3, -0.25) is 18.5 Å². The van der Waals surface area contributed by atoms with E-state index in [2.05, 4.69) is 4.98 Å². The Morgan fingerprint density at radius 3 is 2.83 bits per heavy atom. The summed E-state index contributed by atoms with van der Waals surface area (Å²) in [5, 5.41) is 21.2. The topological polar surface area (TPSA) is 157 Å². The maximum Gasteiger partial charge on any atom is 0.330 e. The van der Waals surface area contributed by atoms with E-state index < -0.39 is 56.9 Å². The molecule has 0 aliphatic carbocycles. The first-order valence-electron chi connectivity index (χ1n) is 7.05. The predicted molar refractivity (Wildman–Crippen MR) is 74.5 cm³/mol. The Morgan fingerprint density at radius 1 is 1.42 bits per heavy atom. The second-order valence-corrected chi connectivity index (χ2v) is 7.68. The van der Waals surface area contributed by atoms with Gasteiger partial charge in [-0.25, -0.2) is 4.79 Å². The molecule has 4 heterocycles. The number of aryl methyl sites for hydroxylation is 1. The van der Waals surface area contributed by atoms with E-state index in [1.807, 2.05) is 0 Å². The first-order chi connectivity index (χ1) is 11.1. The van der Waals surface area contributed by atoms with Crippen LogP contribution in [0.2, 0.25) is 0 Å². The Kier molecular flexibility index (Phi) is 3.01. The van der Waals surface area contributed by atoms with Gasteiger partial charge < -0.3 is 19.7 Å². The van der Waals surface area contributed by atoms with Crippen LogP contribution in [0.5, 0.6) is 0 Å². The Bertz CT molecular complexity index is 937. The van der Waals surface area contributed by atoms with E-state index in [1.165, 1.54) is 13.1 Å². The second-order valence-electron chi connectivity index (χ2n) is 6.11. The normalized spacial score (nSPS) is 42.9. The minimum absolute atomic E-state index is 0.187. The van der Waals surface area contributed by atoms with Crippen molar-refractivity contribution in [2.24, 2.45) is 0 Å². The van der Waals surface area contributed by atoms with E-state index in [-0.39, 0.29) is 12.2 Å². The first-order valence-corrected chi connectivity index (χ1v) is 8.63. The van der Waals surface area contributed by atoms with Crippen molar-refractivity contribution in [3.63, 3.8) is 0 Å². The quantitative estimate of drug-likeness (QED) is 0.441. The summed E-state index contributed by atoms with van der Waals surface area (Å²) in [5.74, 6) is -3.14. The molecule has 0 saturated carbocycles. The van der Waals surface area contributed by atoms with E-state index in [4.69, 9.17) is 13.7 Å². The Balaban J connectivity index is 1.84. The Labute approximate surface area is 134 Å². The highest BCUT2D eigenvalue weighted by Gasteiger charge is 2.79. The van der Waals surface area contributed by atoms with Gasteiger partial charge in [0, 0.05) is 11.8 Å². The summed E-state index contributed by atoms with van der Waals surface area (Å²) in [5.41, 5.74) is -3.33. The summed E-state index contributed by atoms with van der Waals surface area (Å²) < 4.78 is 40.1. The Morgan fingerprint density at radius 2 is 2.12 bits per heavy atom. The van der Waals surface area contributed by atoms with E-state index in [0.717, 1.165) is 4.57 Å². The lowest BCUT2D eigenvalue weighted by Gasteiger charge is -2.32. The molecule has 4 rings (SSSR count). The number of ether oxygens (including phenoxy) is 2. The minimum Gasteiger partial charge on any atom is -0.385 e. The van der Waals surface area contributed by atoms with Crippen molar-refractivity contribution in [2.45, 2.75) is 36.7 Å². The number of H-pyrrole nitrogens is 1. The molecule has 24 heavy (non-hydrogen) atoms. The number of hydrogen-bond donors (Lipinski definition) is 3. The van der Waals surface area contributed by atoms with Crippen LogP contribution in [-0.4, -0.2) is 64.1 Å². The van der Waals surface area contributed by atoms with Crippen molar-refractivity contribution < 1.29 is 32.3 Å². The van der Waals surface area contributed by atoms with E-state index in [9.17, 15) is 28.2 Å². The molecule has 12 heteroatoms. The van der Waals surface area contributed by atoms with Crippen molar-refractivity contribution in [1.29, 1.82) is 0 Å². The summed E-state index contributed by atoms with van der Waals surface area (Å²) in [4.78, 5) is 25.5. The number of nitrogens with one attached hydrogen (secondary N) is 1. The fourth-order valence-electron chi connectivity index (χ4n) is 3.51. The number of aromatic amines is 1. The monoisotopic (exact) mass is 362 g/mol.